The van der Waals surface area contributed by atoms with Crippen molar-refractivity contribution < 1.29 is 14.7 Å². The number of aromatic nitrogens is 1. The van der Waals surface area contributed by atoms with Crippen LogP contribution in [0.25, 0.3) is 0 Å². The maximum Gasteiger partial charge on any atom is 0.307 e. The first-order chi connectivity index (χ1) is 9.61. The summed E-state index contributed by atoms with van der Waals surface area (Å²) in [6, 6.07) is 0. The van der Waals surface area contributed by atoms with E-state index in [0.29, 0.717) is 19.4 Å². The Bertz CT molecular complexity index is 524. The standard InChI is InChI=1S/C14H18N2O3S/c1-2-9-7-15-12(20-9)8-16-13(17)10-5-3-4-6-11(10)14(18)19/h3-4,7,10-11H,2,5-6,8H2,1H3,(H,16,17)(H,18,19)/t10-,11+/m1/s1. The Kier molecular flexibility index (Phi) is 4.89. The summed E-state index contributed by atoms with van der Waals surface area (Å²) in [6.07, 6.45) is 7.36. The molecule has 0 aliphatic heterocycles. The van der Waals surface area contributed by atoms with E-state index in [1.54, 1.807) is 11.3 Å². The number of carbonyl (C=O) groups excluding carboxylic acids is 1. The zero-order chi connectivity index (χ0) is 14.5. The van der Waals surface area contributed by atoms with Crippen LogP contribution in [-0.2, 0) is 22.6 Å². The first-order valence-electron chi connectivity index (χ1n) is 6.71. The lowest BCUT2D eigenvalue weighted by molar-refractivity contribution is -0.147. The molecule has 0 spiro atoms. The molecule has 0 radical (unpaired) electrons. The number of aliphatic carboxylic acids is 1. The zero-order valence-electron chi connectivity index (χ0n) is 11.3. The fourth-order valence-electron chi connectivity index (χ4n) is 2.26. The van der Waals surface area contributed by atoms with Crippen molar-refractivity contribution in [2.75, 3.05) is 0 Å². The van der Waals surface area contributed by atoms with Gasteiger partial charge in [0.2, 0.25) is 5.91 Å². The quantitative estimate of drug-likeness (QED) is 0.814. The highest BCUT2D eigenvalue weighted by Crippen LogP contribution is 2.26. The van der Waals surface area contributed by atoms with Gasteiger partial charge in [-0.2, -0.15) is 0 Å². The lowest BCUT2D eigenvalue weighted by atomic mass is 9.82. The number of carbonyl (C=O) groups is 2. The molecule has 0 bridgehead atoms. The summed E-state index contributed by atoms with van der Waals surface area (Å²) in [5, 5.41) is 12.8. The van der Waals surface area contributed by atoms with Gasteiger partial charge in [0.25, 0.3) is 0 Å². The van der Waals surface area contributed by atoms with Crippen LogP contribution in [0.5, 0.6) is 0 Å². The summed E-state index contributed by atoms with van der Waals surface area (Å²) >= 11 is 1.57. The number of hydrogen-bond acceptors (Lipinski definition) is 4. The molecule has 0 unspecified atom stereocenters. The Hall–Kier alpha value is -1.69. The predicted octanol–water partition coefficient (Wildman–Crippen LogP) is 1.99. The minimum atomic E-state index is -0.906. The molecule has 1 heterocycles. The van der Waals surface area contributed by atoms with Crippen molar-refractivity contribution in [3.63, 3.8) is 0 Å². The first-order valence-corrected chi connectivity index (χ1v) is 7.52. The van der Waals surface area contributed by atoms with Gasteiger partial charge in [-0.1, -0.05) is 19.1 Å². The number of hydrogen-bond donors (Lipinski definition) is 2. The Labute approximate surface area is 121 Å². The van der Waals surface area contributed by atoms with Crippen molar-refractivity contribution in [3.8, 4) is 0 Å². The highest BCUT2D eigenvalue weighted by Gasteiger charge is 2.33. The first kappa shape index (κ1) is 14.7. The number of rotatable bonds is 5. The highest BCUT2D eigenvalue weighted by molar-refractivity contribution is 7.11. The third-order valence-electron chi connectivity index (χ3n) is 3.45. The van der Waals surface area contributed by atoms with Gasteiger partial charge >= 0.3 is 5.97 Å². The van der Waals surface area contributed by atoms with Gasteiger partial charge in [-0.05, 0) is 19.3 Å². The van der Waals surface area contributed by atoms with Crippen molar-refractivity contribution in [3.05, 3.63) is 28.2 Å². The predicted molar refractivity (Wildman–Crippen MR) is 76.3 cm³/mol. The van der Waals surface area contributed by atoms with Crippen LogP contribution in [0, 0.1) is 11.8 Å². The van der Waals surface area contributed by atoms with E-state index < -0.39 is 17.8 Å². The molecule has 0 saturated carbocycles. The van der Waals surface area contributed by atoms with Crippen molar-refractivity contribution in [1.82, 2.24) is 10.3 Å². The molecule has 2 atom stereocenters. The summed E-state index contributed by atoms with van der Waals surface area (Å²) in [5.41, 5.74) is 0. The van der Waals surface area contributed by atoms with E-state index in [2.05, 4.69) is 17.2 Å². The average Bonchev–Trinajstić information content (AvgIpc) is 2.92. The number of nitrogens with one attached hydrogen (secondary N) is 1. The molecule has 1 amide bonds. The molecule has 2 rings (SSSR count). The molecule has 20 heavy (non-hydrogen) atoms. The number of allylic oxidation sites excluding steroid dienone is 2. The molecule has 1 aromatic rings. The summed E-state index contributed by atoms with van der Waals surface area (Å²) in [6.45, 7) is 2.43. The van der Waals surface area contributed by atoms with Crippen LogP contribution in [0.3, 0.4) is 0 Å². The average molecular weight is 294 g/mol. The van der Waals surface area contributed by atoms with Crippen LogP contribution in [-0.4, -0.2) is 22.0 Å². The molecule has 1 aliphatic rings. The molecule has 1 aromatic heterocycles. The molecular weight excluding hydrogens is 276 g/mol. The Morgan fingerprint density at radius 2 is 2.10 bits per heavy atom. The summed E-state index contributed by atoms with van der Waals surface area (Å²) in [4.78, 5) is 28.7. The number of aryl methyl sites for hydroxylation is 1. The monoisotopic (exact) mass is 294 g/mol. The van der Waals surface area contributed by atoms with Gasteiger partial charge < -0.3 is 10.4 Å². The Balaban J connectivity index is 1.93. The maximum absolute atomic E-state index is 12.1. The van der Waals surface area contributed by atoms with Crippen LogP contribution < -0.4 is 5.32 Å². The van der Waals surface area contributed by atoms with E-state index in [-0.39, 0.29) is 5.91 Å². The van der Waals surface area contributed by atoms with Crippen LogP contribution in [0.1, 0.15) is 29.7 Å². The van der Waals surface area contributed by atoms with Crippen LogP contribution in [0.2, 0.25) is 0 Å². The highest BCUT2D eigenvalue weighted by atomic mass is 32.1. The topological polar surface area (TPSA) is 79.3 Å². The molecule has 0 saturated heterocycles. The second-order valence-electron chi connectivity index (χ2n) is 4.79. The van der Waals surface area contributed by atoms with E-state index in [0.717, 1.165) is 11.4 Å². The minimum Gasteiger partial charge on any atom is -0.481 e. The second kappa shape index (κ2) is 6.65. The fourth-order valence-corrected chi connectivity index (χ4v) is 3.07. The van der Waals surface area contributed by atoms with Crippen LogP contribution in [0.15, 0.2) is 18.3 Å². The molecule has 0 aromatic carbocycles. The van der Waals surface area contributed by atoms with Crippen LogP contribution in [0.4, 0.5) is 0 Å². The van der Waals surface area contributed by atoms with Gasteiger partial charge in [0, 0.05) is 11.1 Å². The van der Waals surface area contributed by atoms with Gasteiger partial charge in [-0.25, -0.2) is 4.98 Å². The molecule has 108 valence electrons. The van der Waals surface area contributed by atoms with E-state index in [1.165, 1.54) is 4.88 Å². The third kappa shape index (κ3) is 3.45. The Morgan fingerprint density at radius 1 is 1.40 bits per heavy atom. The summed E-state index contributed by atoms with van der Waals surface area (Å²) in [5.74, 6) is -2.21. The molecular formula is C14H18N2O3S. The molecule has 0 fully saturated rings. The number of thiazole rings is 1. The van der Waals surface area contributed by atoms with Gasteiger partial charge in [0.1, 0.15) is 5.01 Å². The van der Waals surface area contributed by atoms with Crippen LogP contribution >= 0.6 is 11.3 Å². The van der Waals surface area contributed by atoms with Crippen molar-refractivity contribution in [2.45, 2.75) is 32.7 Å². The molecule has 5 nitrogen and oxygen atoms in total. The number of amides is 1. The minimum absolute atomic E-state index is 0.199. The zero-order valence-corrected chi connectivity index (χ0v) is 12.2. The van der Waals surface area contributed by atoms with E-state index in [9.17, 15) is 9.59 Å². The molecule has 2 N–H and O–H groups in total. The van der Waals surface area contributed by atoms with Gasteiger partial charge in [0.15, 0.2) is 0 Å². The Morgan fingerprint density at radius 3 is 2.70 bits per heavy atom. The smallest absolute Gasteiger partial charge is 0.307 e. The number of carboxylic acid groups (broad SMARTS) is 1. The normalized spacial score (nSPS) is 21.6. The fraction of sp³-hybridized carbons (Fsp3) is 0.500. The number of carboxylic acids is 1. The summed E-state index contributed by atoms with van der Waals surface area (Å²) in [7, 11) is 0. The second-order valence-corrected chi connectivity index (χ2v) is 5.99. The molecule has 6 heteroatoms. The van der Waals surface area contributed by atoms with Crippen molar-refractivity contribution in [2.24, 2.45) is 11.8 Å². The van der Waals surface area contributed by atoms with E-state index in [4.69, 9.17) is 5.11 Å². The third-order valence-corrected chi connectivity index (χ3v) is 4.59. The molecule has 1 aliphatic carbocycles. The van der Waals surface area contributed by atoms with Gasteiger partial charge in [-0.3, -0.25) is 9.59 Å². The lowest BCUT2D eigenvalue weighted by Gasteiger charge is -2.23. The summed E-state index contributed by atoms with van der Waals surface area (Å²) < 4.78 is 0. The van der Waals surface area contributed by atoms with Gasteiger partial charge in [-0.15, -0.1) is 11.3 Å². The lowest BCUT2D eigenvalue weighted by Crippen LogP contribution is -2.38. The van der Waals surface area contributed by atoms with Crippen molar-refractivity contribution >= 4 is 23.2 Å². The maximum atomic E-state index is 12.1. The van der Waals surface area contributed by atoms with E-state index >= 15 is 0 Å². The van der Waals surface area contributed by atoms with Gasteiger partial charge in [0.05, 0.1) is 18.4 Å². The van der Waals surface area contributed by atoms with Crippen molar-refractivity contribution in [1.29, 1.82) is 0 Å². The largest absolute Gasteiger partial charge is 0.481 e. The SMILES string of the molecule is CCc1cnc(CNC(=O)[C@@H]2CC=CC[C@@H]2C(=O)O)s1. The van der Waals surface area contributed by atoms with E-state index in [1.807, 2.05) is 18.3 Å². The number of nitrogens with zero attached hydrogens (tertiary/aromatic N) is 1.